The van der Waals surface area contributed by atoms with Gasteiger partial charge in [-0.1, -0.05) is 168 Å². The van der Waals surface area contributed by atoms with Crippen LogP contribution in [0.25, 0.3) is 0 Å². The maximum Gasteiger partial charge on any atom is 0.255 e. The van der Waals surface area contributed by atoms with E-state index < -0.39 is 0 Å². The molecule has 5 heteroatoms. The van der Waals surface area contributed by atoms with Crippen molar-refractivity contribution in [1.82, 2.24) is 10.6 Å². The van der Waals surface area contributed by atoms with Gasteiger partial charge >= 0.3 is 0 Å². The van der Waals surface area contributed by atoms with Gasteiger partial charge < -0.3 is 15.4 Å². The number of rotatable bonds is 32. The van der Waals surface area contributed by atoms with E-state index in [1.54, 1.807) is 18.2 Å². The number of benzene rings is 1. The zero-order valence-electron chi connectivity index (χ0n) is 30.0. The van der Waals surface area contributed by atoms with E-state index in [1.165, 1.54) is 128 Å². The van der Waals surface area contributed by atoms with Crippen LogP contribution in [0.1, 0.15) is 208 Å². The zero-order chi connectivity index (χ0) is 32.6. The molecule has 0 unspecified atom stereocenters. The van der Waals surface area contributed by atoms with Crippen LogP contribution in [0, 0.1) is 0 Å². The molecule has 0 aliphatic heterocycles. The number of carbonyl (C=O) groups excluding carboxylic acids is 2. The van der Waals surface area contributed by atoms with Crippen molar-refractivity contribution in [1.29, 1.82) is 0 Å². The third-order valence-corrected chi connectivity index (χ3v) is 8.88. The second-order valence-corrected chi connectivity index (χ2v) is 13.2. The van der Waals surface area contributed by atoms with E-state index >= 15 is 0 Å². The monoisotopic (exact) mass is 629 g/mol. The van der Waals surface area contributed by atoms with Gasteiger partial charge in [-0.3, -0.25) is 9.59 Å². The number of unbranched alkanes of at least 4 members (excludes halogenated alkanes) is 23. The van der Waals surface area contributed by atoms with Crippen LogP contribution in [0.2, 0.25) is 0 Å². The molecule has 1 rings (SSSR count). The molecule has 0 saturated carbocycles. The summed E-state index contributed by atoms with van der Waals surface area (Å²) in [6.45, 7) is 8.65. The van der Waals surface area contributed by atoms with Gasteiger partial charge in [0.2, 0.25) is 0 Å². The normalized spacial score (nSPS) is 11.1. The van der Waals surface area contributed by atoms with Gasteiger partial charge in [-0.15, -0.1) is 0 Å². The molecule has 2 amide bonds. The number of hydrogen-bond donors (Lipinski definition) is 2. The molecule has 260 valence electrons. The van der Waals surface area contributed by atoms with Gasteiger partial charge in [0.15, 0.2) is 0 Å². The van der Waals surface area contributed by atoms with E-state index in [0.29, 0.717) is 36.6 Å². The molecule has 0 atom stereocenters. The molecular formula is C40H72N2O3. The number of nitrogens with one attached hydrogen (secondary N) is 2. The van der Waals surface area contributed by atoms with E-state index in [2.05, 4.69) is 31.4 Å². The number of ether oxygens (including phenoxy) is 1. The van der Waals surface area contributed by atoms with Crippen molar-refractivity contribution >= 4 is 11.8 Å². The summed E-state index contributed by atoms with van der Waals surface area (Å²) in [4.78, 5) is 25.9. The van der Waals surface area contributed by atoms with Crippen molar-refractivity contribution in [3.05, 3.63) is 29.3 Å². The molecule has 0 aliphatic rings. The van der Waals surface area contributed by atoms with Crippen molar-refractivity contribution in [3.8, 4) is 5.75 Å². The summed E-state index contributed by atoms with van der Waals surface area (Å²) in [5, 5.41) is 6.13. The Morgan fingerprint density at radius 1 is 0.489 bits per heavy atom. The van der Waals surface area contributed by atoms with Crippen LogP contribution < -0.4 is 15.4 Å². The van der Waals surface area contributed by atoms with Crippen molar-refractivity contribution in [2.24, 2.45) is 0 Å². The summed E-state index contributed by atoms with van der Waals surface area (Å²) in [6, 6.07) is 5.28. The zero-order valence-corrected chi connectivity index (χ0v) is 30.0. The van der Waals surface area contributed by atoms with Crippen LogP contribution in [0.15, 0.2) is 18.2 Å². The minimum atomic E-state index is -0.112. The Morgan fingerprint density at radius 3 is 1.31 bits per heavy atom. The highest BCUT2D eigenvalue weighted by Crippen LogP contribution is 2.22. The lowest BCUT2D eigenvalue weighted by molar-refractivity contribution is 0.0937. The minimum Gasteiger partial charge on any atom is -0.493 e. The lowest BCUT2D eigenvalue weighted by Gasteiger charge is -2.14. The van der Waals surface area contributed by atoms with E-state index in [0.717, 1.165) is 38.5 Å². The summed E-state index contributed by atoms with van der Waals surface area (Å²) < 4.78 is 6.17. The van der Waals surface area contributed by atoms with Gasteiger partial charge in [0.25, 0.3) is 11.8 Å². The highest BCUT2D eigenvalue weighted by molar-refractivity contribution is 6.00. The van der Waals surface area contributed by atoms with Gasteiger partial charge in [0.05, 0.1) is 12.2 Å². The highest BCUT2D eigenvalue weighted by atomic mass is 16.5. The molecule has 0 spiro atoms. The summed E-state index contributed by atoms with van der Waals surface area (Å²) in [5.41, 5.74) is 1.09. The van der Waals surface area contributed by atoms with Gasteiger partial charge in [-0.2, -0.15) is 0 Å². The Morgan fingerprint density at radius 2 is 0.867 bits per heavy atom. The molecule has 2 N–H and O–H groups in total. The highest BCUT2D eigenvalue weighted by Gasteiger charge is 2.16. The Bertz CT molecular complexity index is 841. The number of hydrogen-bond acceptors (Lipinski definition) is 3. The molecule has 45 heavy (non-hydrogen) atoms. The van der Waals surface area contributed by atoms with Crippen LogP contribution in [-0.4, -0.2) is 31.5 Å². The van der Waals surface area contributed by atoms with Crippen LogP contribution in [0.4, 0.5) is 0 Å². The van der Waals surface area contributed by atoms with Crippen LogP contribution in [-0.2, 0) is 0 Å². The van der Waals surface area contributed by atoms with E-state index in [4.69, 9.17) is 4.74 Å². The predicted octanol–water partition coefficient (Wildman–Crippen LogP) is 11.7. The van der Waals surface area contributed by atoms with Crippen molar-refractivity contribution < 1.29 is 14.3 Å². The average molecular weight is 629 g/mol. The predicted molar refractivity (Wildman–Crippen MR) is 194 cm³/mol. The van der Waals surface area contributed by atoms with Gasteiger partial charge in [0, 0.05) is 18.7 Å². The smallest absolute Gasteiger partial charge is 0.255 e. The lowest BCUT2D eigenvalue weighted by Crippen LogP contribution is -2.26. The Hall–Kier alpha value is -2.04. The summed E-state index contributed by atoms with van der Waals surface area (Å²) in [5.74, 6) is 0.319. The van der Waals surface area contributed by atoms with Crippen LogP contribution in [0.5, 0.6) is 5.75 Å². The fourth-order valence-electron chi connectivity index (χ4n) is 5.86. The molecule has 0 bridgehead atoms. The molecule has 0 heterocycles. The number of carbonyl (C=O) groups is 2. The van der Waals surface area contributed by atoms with Crippen LogP contribution in [0.3, 0.4) is 0 Å². The van der Waals surface area contributed by atoms with E-state index in [1.807, 2.05) is 0 Å². The minimum absolute atomic E-state index is 0.0936. The molecule has 0 fully saturated rings. The Labute approximate surface area is 278 Å². The van der Waals surface area contributed by atoms with Crippen LogP contribution >= 0.6 is 0 Å². The fraction of sp³-hybridized carbons (Fsp3) is 0.800. The van der Waals surface area contributed by atoms with E-state index in [9.17, 15) is 9.59 Å². The molecule has 1 aromatic carbocycles. The first-order chi connectivity index (χ1) is 22.1. The van der Waals surface area contributed by atoms with Gasteiger partial charge in [-0.25, -0.2) is 0 Å². The SMILES string of the molecule is CCCCCCCCCCCCCCCCOc1cc(C(=O)NCCCCCCCC)ccc1C(=O)NCCCCCCCC. The summed E-state index contributed by atoms with van der Waals surface area (Å²) >= 11 is 0. The van der Waals surface area contributed by atoms with Gasteiger partial charge in [-0.05, 0) is 37.5 Å². The van der Waals surface area contributed by atoms with E-state index in [-0.39, 0.29) is 11.8 Å². The molecule has 0 saturated heterocycles. The summed E-state index contributed by atoms with van der Waals surface area (Å²) in [6.07, 6.45) is 32.7. The van der Waals surface area contributed by atoms with Gasteiger partial charge in [0.1, 0.15) is 5.75 Å². The first kappa shape index (κ1) is 41.0. The molecule has 0 aliphatic carbocycles. The third-order valence-electron chi connectivity index (χ3n) is 8.88. The molecule has 0 radical (unpaired) electrons. The standard InChI is InChI=1S/C40H72N2O3/c1-4-7-10-13-16-17-18-19-20-21-22-23-26-29-34-45-38-35-36(39(43)41-32-27-24-14-11-8-5-2)30-31-37(38)40(44)42-33-28-25-15-12-9-6-3/h30-31,35H,4-29,32-34H2,1-3H3,(H,41,43)(H,42,44). The maximum atomic E-state index is 13.1. The Balaban J connectivity index is 2.45. The second-order valence-electron chi connectivity index (χ2n) is 13.2. The average Bonchev–Trinajstić information content (AvgIpc) is 3.05. The first-order valence-corrected chi connectivity index (χ1v) is 19.5. The topological polar surface area (TPSA) is 67.4 Å². The van der Waals surface area contributed by atoms with Crippen molar-refractivity contribution in [2.75, 3.05) is 19.7 Å². The molecule has 5 nitrogen and oxygen atoms in total. The first-order valence-electron chi connectivity index (χ1n) is 19.5. The second kappa shape index (κ2) is 30.6. The lowest BCUT2D eigenvalue weighted by atomic mass is 10.0. The molecular weight excluding hydrogens is 556 g/mol. The largest absolute Gasteiger partial charge is 0.493 e. The van der Waals surface area contributed by atoms with Crippen molar-refractivity contribution in [3.63, 3.8) is 0 Å². The van der Waals surface area contributed by atoms with Crippen molar-refractivity contribution in [2.45, 2.75) is 188 Å². The third kappa shape index (κ3) is 23.0. The molecule has 0 aromatic heterocycles. The summed E-state index contributed by atoms with van der Waals surface area (Å²) in [7, 11) is 0. The number of amides is 2. The Kier molecular flexibility index (Phi) is 27.9. The maximum absolute atomic E-state index is 13.1. The quantitative estimate of drug-likeness (QED) is 0.0780. The fourth-order valence-corrected chi connectivity index (χ4v) is 5.86. The molecule has 1 aromatic rings.